The molecule has 0 saturated carbocycles. The van der Waals surface area contributed by atoms with Crippen molar-refractivity contribution in [2.75, 3.05) is 0 Å². The van der Waals surface area contributed by atoms with E-state index in [2.05, 4.69) is 10.2 Å². The van der Waals surface area contributed by atoms with Crippen molar-refractivity contribution < 1.29 is 27.8 Å². The van der Waals surface area contributed by atoms with E-state index in [4.69, 9.17) is 9.84 Å². The lowest BCUT2D eigenvalue weighted by atomic mass is 10.1. The van der Waals surface area contributed by atoms with Gasteiger partial charge in [-0.25, -0.2) is 0 Å². The van der Waals surface area contributed by atoms with Crippen LogP contribution in [0.2, 0.25) is 0 Å². The average Bonchev–Trinajstić information content (AvgIpc) is 2.40. The summed E-state index contributed by atoms with van der Waals surface area (Å²) in [4.78, 5) is 10.5. The molecule has 1 N–H and O–H groups in total. The first-order valence-corrected chi connectivity index (χ1v) is 5.74. The molecule has 0 unspecified atom stereocenters. The number of aliphatic carboxylic acids is 1. The quantitative estimate of drug-likeness (QED) is 0.939. The van der Waals surface area contributed by atoms with E-state index in [0.29, 0.717) is 11.3 Å². The van der Waals surface area contributed by atoms with Crippen LogP contribution in [0.5, 0.6) is 11.6 Å². The Bertz CT molecular complexity index is 625. The topological polar surface area (TPSA) is 72.3 Å². The molecule has 1 aromatic carbocycles. The Hall–Kier alpha value is -2.64. The number of aromatic nitrogens is 2. The van der Waals surface area contributed by atoms with Crippen LogP contribution in [0.25, 0.3) is 0 Å². The Kier molecular flexibility index (Phi) is 4.06. The third-order valence-electron chi connectivity index (χ3n) is 2.43. The number of halogens is 3. The van der Waals surface area contributed by atoms with Gasteiger partial charge in [0.2, 0.25) is 5.88 Å². The minimum Gasteiger partial charge on any atom is -0.481 e. The second-order valence-corrected chi connectivity index (χ2v) is 4.07. The Labute approximate surface area is 117 Å². The van der Waals surface area contributed by atoms with Crippen molar-refractivity contribution in [1.82, 2.24) is 10.2 Å². The van der Waals surface area contributed by atoms with Crippen LogP contribution in [0, 0.1) is 0 Å². The SMILES string of the molecule is O=C(O)Cc1ccc(Oc2ccc(C(F)(F)F)nn2)cc1. The molecular formula is C13H9F3N2O3. The zero-order valence-corrected chi connectivity index (χ0v) is 10.5. The van der Waals surface area contributed by atoms with E-state index in [1.807, 2.05) is 0 Å². The average molecular weight is 298 g/mol. The summed E-state index contributed by atoms with van der Waals surface area (Å²) < 4.78 is 42.1. The zero-order valence-electron chi connectivity index (χ0n) is 10.5. The highest BCUT2D eigenvalue weighted by atomic mass is 19.4. The Balaban J connectivity index is 2.06. The lowest BCUT2D eigenvalue weighted by Gasteiger charge is -2.07. The molecule has 0 fully saturated rings. The molecule has 0 aliphatic heterocycles. The van der Waals surface area contributed by atoms with Crippen molar-refractivity contribution in [3.05, 3.63) is 47.7 Å². The van der Waals surface area contributed by atoms with Gasteiger partial charge in [0.1, 0.15) is 5.75 Å². The monoisotopic (exact) mass is 298 g/mol. The Morgan fingerprint density at radius 2 is 1.76 bits per heavy atom. The fraction of sp³-hybridized carbons (Fsp3) is 0.154. The highest BCUT2D eigenvalue weighted by Crippen LogP contribution is 2.28. The van der Waals surface area contributed by atoms with Crippen molar-refractivity contribution in [3.63, 3.8) is 0 Å². The molecule has 0 atom stereocenters. The third-order valence-corrected chi connectivity index (χ3v) is 2.43. The molecule has 1 heterocycles. The minimum absolute atomic E-state index is 0.0889. The van der Waals surface area contributed by atoms with E-state index in [0.717, 1.165) is 12.1 Å². The molecule has 0 spiro atoms. The molecule has 2 aromatic rings. The van der Waals surface area contributed by atoms with Gasteiger partial charge in [-0.1, -0.05) is 12.1 Å². The molecule has 5 nitrogen and oxygen atoms in total. The molecular weight excluding hydrogens is 289 g/mol. The van der Waals surface area contributed by atoms with Crippen LogP contribution in [0.1, 0.15) is 11.3 Å². The number of benzene rings is 1. The van der Waals surface area contributed by atoms with Crippen LogP contribution in [0.4, 0.5) is 13.2 Å². The van der Waals surface area contributed by atoms with Gasteiger partial charge in [0.25, 0.3) is 0 Å². The van der Waals surface area contributed by atoms with Gasteiger partial charge in [-0.15, -0.1) is 10.2 Å². The number of hydrogen-bond acceptors (Lipinski definition) is 4. The van der Waals surface area contributed by atoms with Crippen LogP contribution in [-0.2, 0) is 17.4 Å². The Morgan fingerprint density at radius 1 is 1.10 bits per heavy atom. The summed E-state index contributed by atoms with van der Waals surface area (Å²) in [6, 6.07) is 7.90. The Morgan fingerprint density at radius 3 is 2.24 bits per heavy atom. The standard InChI is InChI=1S/C13H9F3N2O3/c14-13(15,16)10-5-6-11(18-17-10)21-9-3-1-8(2-4-9)7-12(19)20/h1-6H,7H2,(H,19,20). The van der Waals surface area contributed by atoms with Crippen LogP contribution in [-0.4, -0.2) is 21.3 Å². The smallest absolute Gasteiger partial charge is 0.435 e. The summed E-state index contributed by atoms with van der Waals surface area (Å²) >= 11 is 0. The van der Waals surface area contributed by atoms with Crippen molar-refractivity contribution in [3.8, 4) is 11.6 Å². The molecule has 21 heavy (non-hydrogen) atoms. The van der Waals surface area contributed by atoms with Gasteiger partial charge in [-0.2, -0.15) is 13.2 Å². The lowest BCUT2D eigenvalue weighted by molar-refractivity contribution is -0.141. The van der Waals surface area contributed by atoms with Gasteiger partial charge >= 0.3 is 12.1 Å². The molecule has 0 amide bonds. The number of ether oxygens (including phenoxy) is 1. The van der Waals surface area contributed by atoms with E-state index < -0.39 is 17.8 Å². The predicted molar refractivity (Wildman–Crippen MR) is 64.9 cm³/mol. The van der Waals surface area contributed by atoms with E-state index in [1.54, 1.807) is 12.1 Å². The first-order valence-electron chi connectivity index (χ1n) is 5.74. The zero-order chi connectivity index (χ0) is 15.5. The summed E-state index contributed by atoms with van der Waals surface area (Å²) in [5, 5.41) is 15.0. The van der Waals surface area contributed by atoms with Gasteiger partial charge < -0.3 is 9.84 Å². The molecule has 2 rings (SSSR count). The molecule has 8 heteroatoms. The van der Waals surface area contributed by atoms with Gasteiger partial charge in [0.05, 0.1) is 6.42 Å². The van der Waals surface area contributed by atoms with Crippen LogP contribution in [0.15, 0.2) is 36.4 Å². The van der Waals surface area contributed by atoms with Crippen molar-refractivity contribution >= 4 is 5.97 Å². The molecule has 0 aliphatic rings. The fourth-order valence-corrected chi connectivity index (χ4v) is 1.50. The number of nitrogens with zero attached hydrogens (tertiary/aromatic N) is 2. The first-order chi connectivity index (χ1) is 9.84. The maximum absolute atomic E-state index is 12.3. The van der Waals surface area contributed by atoms with Crippen molar-refractivity contribution in [2.45, 2.75) is 12.6 Å². The molecule has 0 saturated heterocycles. The normalized spacial score (nSPS) is 11.2. The lowest BCUT2D eigenvalue weighted by Crippen LogP contribution is -2.08. The number of carbonyl (C=O) groups is 1. The summed E-state index contributed by atoms with van der Waals surface area (Å²) in [6.07, 6.45) is -4.68. The maximum Gasteiger partial charge on any atom is 0.435 e. The van der Waals surface area contributed by atoms with Crippen LogP contribution < -0.4 is 4.74 Å². The maximum atomic E-state index is 12.3. The van der Waals surface area contributed by atoms with E-state index in [1.165, 1.54) is 12.1 Å². The largest absolute Gasteiger partial charge is 0.481 e. The molecule has 110 valence electrons. The van der Waals surface area contributed by atoms with E-state index in [9.17, 15) is 18.0 Å². The van der Waals surface area contributed by atoms with Crippen molar-refractivity contribution in [1.29, 1.82) is 0 Å². The predicted octanol–water partition coefficient (Wildman–Crippen LogP) is 2.91. The summed E-state index contributed by atoms with van der Waals surface area (Å²) in [5.74, 6) is -0.732. The summed E-state index contributed by atoms with van der Waals surface area (Å²) in [5.41, 5.74) is -0.528. The summed E-state index contributed by atoms with van der Waals surface area (Å²) in [6.45, 7) is 0. The number of carboxylic acid groups (broad SMARTS) is 1. The molecule has 0 bridgehead atoms. The second kappa shape index (κ2) is 5.78. The number of alkyl halides is 3. The third kappa shape index (κ3) is 4.16. The van der Waals surface area contributed by atoms with Gasteiger partial charge in [-0.05, 0) is 23.8 Å². The van der Waals surface area contributed by atoms with E-state index in [-0.39, 0.29) is 12.3 Å². The van der Waals surface area contributed by atoms with Crippen LogP contribution in [0.3, 0.4) is 0 Å². The van der Waals surface area contributed by atoms with Gasteiger partial charge in [0, 0.05) is 6.07 Å². The highest BCUT2D eigenvalue weighted by Gasteiger charge is 2.32. The number of rotatable bonds is 4. The molecule has 1 aromatic heterocycles. The minimum atomic E-state index is -4.55. The van der Waals surface area contributed by atoms with Crippen LogP contribution >= 0.6 is 0 Å². The highest BCUT2D eigenvalue weighted by molar-refractivity contribution is 5.70. The first kappa shape index (κ1) is 14.8. The van der Waals surface area contributed by atoms with Gasteiger partial charge in [0.15, 0.2) is 5.69 Å². The number of hydrogen-bond donors (Lipinski definition) is 1. The fourth-order valence-electron chi connectivity index (χ4n) is 1.50. The molecule has 0 aliphatic carbocycles. The second-order valence-electron chi connectivity index (χ2n) is 4.07. The van der Waals surface area contributed by atoms with Crippen molar-refractivity contribution in [2.24, 2.45) is 0 Å². The van der Waals surface area contributed by atoms with E-state index >= 15 is 0 Å². The van der Waals surface area contributed by atoms with Gasteiger partial charge in [-0.3, -0.25) is 4.79 Å². The molecule has 0 radical (unpaired) electrons. The number of carboxylic acids is 1. The summed E-state index contributed by atoms with van der Waals surface area (Å²) in [7, 11) is 0.